The predicted octanol–water partition coefficient (Wildman–Crippen LogP) is 1.24. The van der Waals surface area contributed by atoms with E-state index in [1.807, 2.05) is 23.4 Å². The highest BCUT2D eigenvalue weighted by atomic mass is 16.2. The molecule has 2 aliphatic heterocycles. The molecule has 19 heavy (non-hydrogen) atoms. The summed E-state index contributed by atoms with van der Waals surface area (Å²) in [6, 6.07) is 4.70. The average molecular weight is 260 g/mol. The summed E-state index contributed by atoms with van der Waals surface area (Å²) in [6.07, 6.45) is 6.20. The van der Waals surface area contributed by atoms with Crippen molar-refractivity contribution < 1.29 is 4.79 Å². The first-order valence-electron chi connectivity index (χ1n) is 7.01. The van der Waals surface area contributed by atoms with E-state index in [9.17, 15) is 4.79 Å². The van der Waals surface area contributed by atoms with Crippen LogP contribution in [0.2, 0.25) is 0 Å². The van der Waals surface area contributed by atoms with Crippen molar-refractivity contribution in [1.82, 2.24) is 20.1 Å². The maximum absolute atomic E-state index is 11.5. The number of urea groups is 1. The second-order valence-electron chi connectivity index (χ2n) is 5.20. The summed E-state index contributed by atoms with van der Waals surface area (Å²) in [5.41, 5.74) is 1.30. The normalized spacial score (nSPS) is 23.9. The fourth-order valence-electron chi connectivity index (χ4n) is 3.02. The highest BCUT2D eigenvalue weighted by Gasteiger charge is 2.27. The summed E-state index contributed by atoms with van der Waals surface area (Å²) in [7, 11) is 0. The topological polar surface area (TPSA) is 48.5 Å². The number of hydrogen-bond acceptors (Lipinski definition) is 3. The molecule has 2 aliphatic rings. The van der Waals surface area contributed by atoms with Crippen LogP contribution >= 0.6 is 0 Å². The Morgan fingerprint density at radius 2 is 2.32 bits per heavy atom. The van der Waals surface area contributed by atoms with E-state index in [0.29, 0.717) is 6.04 Å². The lowest BCUT2D eigenvalue weighted by Gasteiger charge is -2.26. The van der Waals surface area contributed by atoms with Gasteiger partial charge in [-0.25, -0.2) is 4.79 Å². The van der Waals surface area contributed by atoms with Gasteiger partial charge in [-0.15, -0.1) is 0 Å². The summed E-state index contributed by atoms with van der Waals surface area (Å²) >= 11 is 0. The van der Waals surface area contributed by atoms with Crippen molar-refractivity contribution in [1.29, 1.82) is 0 Å². The summed E-state index contributed by atoms with van der Waals surface area (Å²) in [6.45, 7) is 4.51. The van der Waals surface area contributed by atoms with Gasteiger partial charge in [0.25, 0.3) is 0 Å². The lowest BCUT2D eigenvalue weighted by molar-refractivity contribution is 0.196. The van der Waals surface area contributed by atoms with Gasteiger partial charge in [0.05, 0.1) is 0 Å². The van der Waals surface area contributed by atoms with Crippen LogP contribution in [0, 0.1) is 0 Å². The Kier molecular flexibility index (Phi) is 3.64. The van der Waals surface area contributed by atoms with Crippen molar-refractivity contribution in [3.05, 3.63) is 30.1 Å². The summed E-state index contributed by atoms with van der Waals surface area (Å²) in [5, 5.41) is 2.85. The largest absolute Gasteiger partial charge is 0.336 e. The highest BCUT2D eigenvalue weighted by Crippen LogP contribution is 2.30. The molecule has 0 aromatic carbocycles. The van der Waals surface area contributed by atoms with E-state index in [1.165, 1.54) is 18.4 Å². The van der Waals surface area contributed by atoms with Gasteiger partial charge in [0.15, 0.2) is 0 Å². The zero-order chi connectivity index (χ0) is 13.1. The van der Waals surface area contributed by atoms with Crippen molar-refractivity contribution in [2.75, 3.05) is 32.7 Å². The van der Waals surface area contributed by atoms with E-state index in [0.717, 1.165) is 32.7 Å². The standard InChI is InChI=1S/C14H20N4O/c19-14-16-6-8-18(14)10-9-17-7-2-4-13(17)12-3-1-5-15-11-12/h1,3,5,11,13H,2,4,6-10H2,(H,16,19). The van der Waals surface area contributed by atoms with E-state index in [1.54, 1.807) is 0 Å². The smallest absolute Gasteiger partial charge is 0.317 e. The van der Waals surface area contributed by atoms with Gasteiger partial charge in [-0.2, -0.15) is 0 Å². The summed E-state index contributed by atoms with van der Waals surface area (Å²) in [5.74, 6) is 0. The number of carbonyl (C=O) groups excluding carboxylic acids is 1. The Hall–Kier alpha value is -1.62. The molecule has 0 spiro atoms. The molecule has 2 saturated heterocycles. The lowest BCUT2D eigenvalue weighted by atomic mass is 10.1. The number of pyridine rings is 1. The Labute approximate surface area is 113 Å². The number of likely N-dealkylation sites (tertiary alicyclic amines) is 1. The maximum atomic E-state index is 11.5. The monoisotopic (exact) mass is 260 g/mol. The number of aromatic nitrogens is 1. The zero-order valence-electron chi connectivity index (χ0n) is 11.1. The number of carbonyl (C=O) groups is 1. The molecule has 0 bridgehead atoms. The molecule has 1 atom stereocenters. The highest BCUT2D eigenvalue weighted by molar-refractivity contribution is 5.76. The third kappa shape index (κ3) is 2.71. The second kappa shape index (κ2) is 5.57. The van der Waals surface area contributed by atoms with E-state index < -0.39 is 0 Å². The van der Waals surface area contributed by atoms with Gasteiger partial charge < -0.3 is 10.2 Å². The van der Waals surface area contributed by atoms with Gasteiger partial charge >= 0.3 is 6.03 Å². The lowest BCUT2D eigenvalue weighted by Crippen LogP contribution is -2.36. The van der Waals surface area contributed by atoms with Crippen LogP contribution in [0.3, 0.4) is 0 Å². The van der Waals surface area contributed by atoms with E-state index in [-0.39, 0.29) is 6.03 Å². The molecule has 3 heterocycles. The van der Waals surface area contributed by atoms with Crippen molar-refractivity contribution in [3.63, 3.8) is 0 Å². The fraction of sp³-hybridized carbons (Fsp3) is 0.571. The first kappa shape index (κ1) is 12.4. The van der Waals surface area contributed by atoms with Crippen LogP contribution in [-0.4, -0.2) is 53.5 Å². The van der Waals surface area contributed by atoms with Gasteiger partial charge in [0, 0.05) is 44.6 Å². The molecule has 5 heteroatoms. The molecule has 0 saturated carbocycles. The molecular formula is C14H20N4O. The van der Waals surface area contributed by atoms with Crippen LogP contribution in [0.4, 0.5) is 4.79 Å². The Morgan fingerprint density at radius 1 is 1.37 bits per heavy atom. The number of nitrogens with one attached hydrogen (secondary N) is 1. The van der Waals surface area contributed by atoms with E-state index in [4.69, 9.17) is 0 Å². The molecular weight excluding hydrogens is 240 g/mol. The molecule has 102 valence electrons. The quantitative estimate of drug-likeness (QED) is 0.886. The van der Waals surface area contributed by atoms with Gasteiger partial charge in [-0.1, -0.05) is 6.07 Å². The summed E-state index contributed by atoms with van der Waals surface area (Å²) < 4.78 is 0. The van der Waals surface area contributed by atoms with E-state index >= 15 is 0 Å². The van der Waals surface area contributed by atoms with Crippen molar-refractivity contribution in [2.45, 2.75) is 18.9 Å². The van der Waals surface area contributed by atoms with Crippen LogP contribution in [-0.2, 0) is 0 Å². The fourth-order valence-corrected chi connectivity index (χ4v) is 3.02. The van der Waals surface area contributed by atoms with Crippen LogP contribution in [0.15, 0.2) is 24.5 Å². The third-order valence-corrected chi connectivity index (χ3v) is 4.04. The van der Waals surface area contributed by atoms with Crippen LogP contribution in [0.5, 0.6) is 0 Å². The van der Waals surface area contributed by atoms with Crippen LogP contribution in [0.1, 0.15) is 24.4 Å². The molecule has 1 unspecified atom stereocenters. The zero-order valence-corrected chi connectivity index (χ0v) is 11.1. The second-order valence-corrected chi connectivity index (χ2v) is 5.20. The minimum atomic E-state index is 0.0807. The van der Waals surface area contributed by atoms with Crippen LogP contribution < -0.4 is 5.32 Å². The molecule has 0 radical (unpaired) electrons. The number of hydrogen-bond donors (Lipinski definition) is 1. The number of rotatable bonds is 4. The predicted molar refractivity (Wildman–Crippen MR) is 72.8 cm³/mol. The summed E-state index contributed by atoms with van der Waals surface area (Å²) in [4.78, 5) is 20.1. The Balaban J connectivity index is 1.59. The SMILES string of the molecule is O=C1NCCN1CCN1CCCC1c1cccnc1. The molecule has 1 aromatic rings. The van der Waals surface area contributed by atoms with Gasteiger partial charge in [-0.3, -0.25) is 9.88 Å². The Morgan fingerprint density at radius 3 is 3.05 bits per heavy atom. The van der Waals surface area contributed by atoms with Crippen molar-refractivity contribution in [2.24, 2.45) is 0 Å². The van der Waals surface area contributed by atoms with Gasteiger partial charge in [-0.05, 0) is 31.0 Å². The van der Waals surface area contributed by atoms with Crippen molar-refractivity contribution in [3.8, 4) is 0 Å². The average Bonchev–Trinajstić information content (AvgIpc) is 3.06. The molecule has 0 aliphatic carbocycles. The molecule has 2 amide bonds. The first-order chi connectivity index (χ1) is 9.34. The first-order valence-corrected chi connectivity index (χ1v) is 7.01. The van der Waals surface area contributed by atoms with Crippen LogP contribution in [0.25, 0.3) is 0 Å². The van der Waals surface area contributed by atoms with E-state index in [2.05, 4.69) is 21.3 Å². The molecule has 1 aromatic heterocycles. The maximum Gasteiger partial charge on any atom is 0.317 e. The van der Waals surface area contributed by atoms with Gasteiger partial charge in [0.2, 0.25) is 0 Å². The number of amides is 2. The Bertz CT molecular complexity index is 436. The minimum absolute atomic E-state index is 0.0807. The molecule has 1 N–H and O–H groups in total. The van der Waals surface area contributed by atoms with Crippen molar-refractivity contribution >= 4 is 6.03 Å². The number of nitrogens with zero attached hydrogens (tertiary/aromatic N) is 3. The molecule has 5 nitrogen and oxygen atoms in total. The third-order valence-electron chi connectivity index (χ3n) is 4.04. The molecule has 3 rings (SSSR count). The minimum Gasteiger partial charge on any atom is -0.336 e. The van der Waals surface area contributed by atoms with Gasteiger partial charge in [0.1, 0.15) is 0 Å². The molecule has 2 fully saturated rings.